The minimum atomic E-state index is -0.139. The molecule has 0 aliphatic heterocycles. The average Bonchev–Trinajstić information content (AvgIpc) is 3.76. The number of fused-ring (bicyclic) bond motifs is 2. The van der Waals surface area contributed by atoms with Gasteiger partial charge in [-0.2, -0.15) is 0 Å². The fraction of sp³-hybridized carbons (Fsp3) is 0.105. The summed E-state index contributed by atoms with van der Waals surface area (Å²) in [6.07, 6.45) is 3.38. The van der Waals surface area contributed by atoms with Crippen LogP contribution in [0.2, 0.25) is 0 Å². The van der Waals surface area contributed by atoms with Crippen molar-refractivity contribution in [2.24, 2.45) is 0 Å². The molecule has 8 rings (SSSR count). The molecule has 0 fully saturated rings. The second kappa shape index (κ2) is 13.9. The Balaban J connectivity index is 0.000000155. The molecular weight excluding hydrogens is 653 g/mol. The van der Waals surface area contributed by atoms with Crippen molar-refractivity contribution < 1.29 is 4.74 Å². The fourth-order valence-corrected chi connectivity index (χ4v) is 7.32. The van der Waals surface area contributed by atoms with Gasteiger partial charge in [-0.3, -0.25) is 19.6 Å². The first-order chi connectivity index (χ1) is 23.9. The van der Waals surface area contributed by atoms with Gasteiger partial charge in [0.25, 0.3) is 11.1 Å². The number of benzene rings is 2. The maximum atomic E-state index is 12.5. The van der Waals surface area contributed by atoms with Crippen molar-refractivity contribution in [2.75, 3.05) is 7.11 Å². The third-order valence-electron chi connectivity index (χ3n) is 7.95. The van der Waals surface area contributed by atoms with E-state index in [1.54, 1.807) is 19.5 Å². The van der Waals surface area contributed by atoms with Gasteiger partial charge in [-0.1, -0.05) is 60.2 Å². The second-order valence-electron chi connectivity index (χ2n) is 11.4. The second-order valence-corrected chi connectivity index (χ2v) is 13.1. The average molecular weight is 683 g/mol. The molecule has 6 aromatic heterocycles. The summed E-state index contributed by atoms with van der Waals surface area (Å²) in [6.45, 7) is 4.70. The van der Waals surface area contributed by atoms with Crippen molar-refractivity contribution in [3.8, 4) is 45.3 Å². The van der Waals surface area contributed by atoms with Gasteiger partial charge in [-0.15, -0.1) is 22.7 Å². The van der Waals surface area contributed by atoms with Crippen LogP contribution in [0.25, 0.3) is 65.7 Å². The van der Waals surface area contributed by atoms with Gasteiger partial charge in [0.05, 0.1) is 17.6 Å². The molecule has 0 spiro atoms. The summed E-state index contributed by atoms with van der Waals surface area (Å²) in [5.41, 5.74) is 10.0. The molecule has 242 valence electrons. The van der Waals surface area contributed by atoms with Crippen molar-refractivity contribution in [1.82, 2.24) is 29.9 Å². The number of methoxy groups -OCH3 is 1. The Morgan fingerprint density at radius 1 is 0.673 bits per heavy atom. The van der Waals surface area contributed by atoms with E-state index in [1.165, 1.54) is 28.2 Å². The lowest BCUT2D eigenvalue weighted by Gasteiger charge is -2.08. The highest BCUT2D eigenvalue weighted by atomic mass is 32.1. The molecule has 2 aromatic carbocycles. The molecule has 0 bridgehead atoms. The summed E-state index contributed by atoms with van der Waals surface area (Å²) in [4.78, 5) is 48.4. The van der Waals surface area contributed by atoms with Crippen LogP contribution in [0.5, 0.6) is 0 Å². The molecular formula is C38H30N6O3S2. The van der Waals surface area contributed by atoms with E-state index in [4.69, 9.17) is 9.72 Å². The van der Waals surface area contributed by atoms with Crippen LogP contribution < -0.4 is 11.1 Å². The molecule has 6 heterocycles. The molecule has 2 N–H and O–H groups in total. The van der Waals surface area contributed by atoms with Gasteiger partial charge < -0.3 is 14.7 Å². The number of aromatic nitrogens is 6. The number of rotatable bonds is 6. The lowest BCUT2D eigenvalue weighted by Crippen LogP contribution is -2.08. The van der Waals surface area contributed by atoms with Crippen molar-refractivity contribution in [3.63, 3.8) is 0 Å². The third-order valence-corrected chi connectivity index (χ3v) is 9.89. The molecule has 0 atom stereocenters. The van der Waals surface area contributed by atoms with Crippen LogP contribution in [-0.4, -0.2) is 37.0 Å². The Labute approximate surface area is 289 Å². The number of nitrogens with zero attached hydrogens (tertiary/aromatic N) is 4. The van der Waals surface area contributed by atoms with Gasteiger partial charge in [0.15, 0.2) is 11.6 Å². The maximum absolute atomic E-state index is 12.5. The molecule has 0 aliphatic rings. The lowest BCUT2D eigenvalue weighted by molar-refractivity contribution is 0.184. The Morgan fingerprint density at radius 3 is 1.73 bits per heavy atom. The first-order valence-electron chi connectivity index (χ1n) is 15.4. The molecule has 8 aromatic rings. The molecule has 11 heteroatoms. The summed E-state index contributed by atoms with van der Waals surface area (Å²) in [5, 5.41) is 3.98. The van der Waals surface area contributed by atoms with Crippen LogP contribution in [0, 0.1) is 13.8 Å². The molecule has 0 saturated heterocycles. The molecule has 0 aliphatic carbocycles. The summed E-state index contributed by atoms with van der Waals surface area (Å²) >= 11 is 2.83. The van der Waals surface area contributed by atoms with Crippen molar-refractivity contribution in [3.05, 3.63) is 139 Å². The van der Waals surface area contributed by atoms with Crippen LogP contribution in [0.15, 0.2) is 112 Å². The number of pyridine rings is 2. The Morgan fingerprint density at radius 2 is 1.24 bits per heavy atom. The number of ether oxygens (including phenoxy) is 1. The number of thiophene rings is 2. The largest absolute Gasteiger partial charge is 0.380 e. The molecule has 49 heavy (non-hydrogen) atoms. The van der Waals surface area contributed by atoms with E-state index >= 15 is 0 Å². The van der Waals surface area contributed by atoms with Crippen LogP contribution in [0.4, 0.5) is 0 Å². The number of aromatic amines is 2. The summed E-state index contributed by atoms with van der Waals surface area (Å²) in [7, 11) is 1.69. The number of aryl methyl sites for hydroxylation is 2. The number of hydrogen-bond acceptors (Lipinski definition) is 9. The highest BCUT2D eigenvalue weighted by molar-refractivity contribution is 7.18. The van der Waals surface area contributed by atoms with E-state index < -0.39 is 0 Å². The van der Waals surface area contributed by atoms with Crippen LogP contribution in [-0.2, 0) is 11.3 Å². The first-order valence-corrected chi connectivity index (χ1v) is 17.2. The Hall–Kier alpha value is -5.62. The number of H-pyrrole nitrogens is 2. The quantitative estimate of drug-likeness (QED) is 0.181. The monoisotopic (exact) mass is 682 g/mol. The predicted octanol–water partition coefficient (Wildman–Crippen LogP) is 8.19. The van der Waals surface area contributed by atoms with Gasteiger partial charge in [-0.05, 0) is 60.4 Å². The zero-order valence-corrected chi connectivity index (χ0v) is 28.5. The summed E-state index contributed by atoms with van der Waals surface area (Å²) < 4.78 is 6.49. The van der Waals surface area contributed by atoms with E-state index in [-0.39, 0.29) is 11.1 Å². The Kier molecular flexibility index (Phi) is 9.03. The van der Waals surface area contributed by atoms with Gasteiger partial charge in [-0.25, -0.2) is 9.97 Å². The van der Waals surface area contributed by atoms with Crippen LogP contribution in [0.1, 0.15) is 16.7 Å². The maximum Gasteiger partial charge on any atom is 0.269 e. The Bertz CT molecular complexity index is 2540. The molecule has 0 radical (unpaired) electrons. The van der Waals surface area contributed by atoms with Crippen molar-refractivity contribution in [1.29, 1.82) is 0 Å². The van der Waals surface area contributed by atoms with E-state index in [1.807, 2.05) is 65.4 Å². The zero-order valence-electron chi connectivity index (χ0n) is 26.9. The number of nitrogens with one attached hydrogen (secondary N) is 2. The predicted molar refractivity (Wildman–Crippen MR) is 198 cm³/mol. The number of hydrogen-bond donors (Lipinski definition) is 2. The van der Waals surface area contributed by atoms with E-state index in [0.29, 0.717) is 44.6 Å². The topological polar surface area (TPSA) is 127 Å². The normalized spacial score (nSPS) is 11.1. The molecule has 0 amide bonds. The van der Waals surface area contributed by atoms with Gasteiger partial charge in [0, 0.05) is 41.4 Å². The smallest absolute Gasteiger partial charge is 0.269 e. The minimum absolute atomic E-state index is 0.125. The van der Waals surface area contributed by atoms with E-state index in [0.717, 1.165) is 38.9 Å². The minimum Gasteiger partial charge on any atom is -0.380 e. The fourth-order valence-electron chi connectivity index (χ4n) is 5.51. The standard InChI is InChI=1S/C20H17N3O2S.C18H13N3OS/c1-12-9-13(6-7-14(12)10-25-2)15-11-26-18-17(15)22-19(23-20(18)24)16-5-3-4-8-21-16;1-11-5-4-6-12(9-11)13-10-23-16-15(13)20-17(21-18(16)22)14-7-2-3-8-19-14/h3-9,11H,10H2,1-2H3,(H,22,23,24);2-10H,1H3,(H,20,21,22). The van der Waals surface area contributed by atoms with Crippen LogP contribution >= 0.6 is 22.7 Å². The van der Waals surface area contributed by atoms with Crippen molar-refractivity contribution in [2.45, 2.75) is 20.5 Å². The SMILES string of the molecule is COCc1ccc(-c2csc3c(=O)[nH]c(-c4ccccn4)nc23)cc1C.Cc1cccc(-c2csc3c(=O)[nH]c(-c4ccccn4)nc23)c1. The van der Waals surface area contributed by atoms with Gasteiger partial charge in [0.2, 0.25) is 0 Å². The molecule has 0 saturated carbocycles. The molecule has 9 nitrogen and oxygen atoms in total. The van der Waals surface area contributed by atoms with Crippen LogP contribution in [0.3, 0.4) is 0 Å². The van der Waals surface area contributed by atoms with E-state index in [2.05, 4.69) is 63.0 Å². The summed E-state index contributed by atoms with van der Waals surface area (Å²) in [6, 6.07) is 25.5. The van der Waals surface area contributed by atoms with Crippen molar-refractivity contribution >= 4 is 43.1 Å². The van der Waals surface area contributed by atoms with Gasteiger partial charge in [0.1, 0.15) is 20.8 Å². The zero-order chi connectivity index (χ0) is 33.9. The first kappa shape index (κ1) is 32.0. The van der Waals surface area contributed by atoms with E-state index in [9.17, 15) is 9.59 Å². The highest BCUT2D eigenvalue weighted by Crippen LogP contribution is 2.34. The van der Waals surface area contributed by atoms with Gasteiger partial charge >= 0.3 is 0 Å². The highest BCUT2D eigenvalue weighted by Gasteiger charge is 2.16. The summed E-state index contributed by atoms with van der Waals surface area (Å²) in [5.74, 6) is 0.978. The lowest BCUT2D eigenvalue weighted by atomic mass is 10.0. The molecule has 0 unspecified atom stereocenters. The third kappa shape index (κ3) is 6.59.